The first-order valence-electron chi connectivity index (χ1n) is 7.22. The number of esters is 1. The Hall–Kier alpha value is -1.05. The van der Waals surface area contributed by atoms with Gasteiger partial charge in [-0.1, -0.05) is 39.8 Å². The van der Waals surface area contributed by atoms with Crippen molar-refractivity contribution in [1.29, 1.82) is 0 Å². The van der Waals surface area contributed by atoms with Gasteiger partial charge >= 0.3 is 5.97 Å². The van der Waals surface area contributed by atoms with Crippen LogP contribution in [0.1, 0.15) is 59.8 Å². The SMILES string of the molecule is CCC=C[C@H](CC)C[C@]1(CC)C=C(CC)C(=O)O1. The third kappa shape index (κ3) is 3.47. The second-order valence-corrected chi connectivity index (χ2v) is 5.04. The van der Waals surface area contributed by atoms with Crippen LogP contribution in [0.3, 0.4) is 0 Å². The van der Waals surface area contributed by atoms with Gasteiger partial charge in [-0.2, -0.15) is 0 Å². The van der Waals surface area contributed by atoms with E-state index >= 15 is 0 Å². The number of carbonyl (C=O) groups is 1. The lowest BCUT2D eigenvalue weighted by atomic mass is 9.86. The van der Waals surface area contributed by atoms with E-state index in [0.29, 0.717) is 5.92 Å². The third-order valence-corrected chi connectivity index (χ3v) is 3.75. The van der Waals surface area contributed by atoms with Crippen molar-refractivity contribution in [2.24, 2.45) is 5.92 Å². The minimum atomic E-state index is -0.360. The highest BCUT2D eigenvalue weighted by atomic mass is 16.6. The normalized spacial score (nSPS) is 25.3. The largest absolute Gasteiger partial charge is 0.451 e. The molecule has 0 fully saturated rings. The lowest BCUT2D eigenvalue weighted by Gasteiger charge is -2.28. The van der Waals surface area contributed by atoms with E-state index in [1.807, 2.05) is 6.92 Å². The first-order valence-corrected chi connectivity index (χ1v) is 7.22. The molecule has 2 nitrogen and oxygen atoms in total. The maximum atomic E-state index is 11.8. The number of hydrogen-bond acceptors (Lipinski definition) is 2. The van der Waals surface area contributed by atoms with Crippen LogP contribution in [0.15, 0.2) is 23.8 Å². The van der Waals surface area contributed by atoms with Crippen LogP contribution in [-0.4, -0.2) is 11.6 Å². The summed E-state index contributed by atoms with van der Waals surface area (Å²) in [7, 11) is 0. The van der Waals surface area contributed by atoms with Gasteiger partial charge in [0.25, 0.3) is 0 Å². The number of ether oxygens (including phenoxy) is 1. The molecule has 0 amide bonds. The Morgan fingerprint density at radius 3 is 2.50 bits per heavy atom. The van der Waals surface area contributed by atoms with Crippen LogP contribution in [0.2, 0.25) is 0 Å². The molecule has 0 spiro atoms. The monoisotopic (exact) mass is 250 g/mol. The fraction of sp³-hybridized carbons (Fsp3) is 0.688. The van der Waals surface area contributed by atoms with E-state index in [0.717, 1.165) is 37.7 Å². The molecule has 2 atom stereocenters. The van der Waals surface area contributed by atoms with Gasteiger partial charge in [0, 0.05) is 5.57 Å². The lowest BCUT2D eigenvalue weighted by molar-refractivity contribution is -0.147. The molecule has 0 saturated heterocycles. The summed E-state index contributed by atoms with van der Waals surface area (Å²) in [5, 5.41) is 0. The zero-order valence-corrected chi connectivity index (χ0v) is 12.2. The number of hydrogen-bond donors (Lipinski definition) is 0. The second-order valence-electron chi connectivity index (χ2n) is 5.04. The van der Waals surface area contributed by atoms with Crippen molar-refractivity contribution in [2.75, 3.05) is 0 Å². The highest BCUT2D eigenvalue weighted by Gasteiger charge is 2.38. The van der Waals surface area contributed by atoms with Crippen molar-refractivity contribution in [3.05, 3.63) is 23.8 Å². The van der Waals surface area contributed by atoms with Crippen molar-refractivity contribution in [3.63, 3.8) is 0 Å². The average molecular weight is 250 g/mol. The number of carbonyl (C=O) groups excluding carboxylic acids is 1. The Morgan fingerprint density at radius 2 is 2.06 bits per heavy atom. The van der Waals surface area contributed by atoms with E-state index in [-0.39, 0.29) is 11.6 Å². The van der Waals surface area contributed by atoms with E-state index in [2.05, 4.69) is 39.0 Å². The molecule has 0 saturated carbocycles. The van der Waals surface area contributed by atoms with Crippen LogP contribution >= 0.6 is 0 Å². The molecule has 0 N–H and O–H groups in total. The number of cyclic esters (lactones) is 1. The van der Waals surface area contributed by atoms with Gasteiger partial charge in [0.05, 0.1) is 0 Å². The predicted molar refractivity (Wildman–Crippen MR) is 75.3 cm³/mol. The maximum absolute atomic E-state index is 11.8. The first-order chi connectivity index (χ1) is 8.60. The van der Waals surface area contributed by atoms with E-state index in [4.69, 9.17) is 4.74 Å². The molecular weight excluding hydrogens is 224 g/mol. The third-order valence-electron chi connectivity index (χ3n) is 3.75. The summed E-state index contributed by atoms with van der Waals surface area (Å²) >= 11 is 0. The smallest absolute Gasteiger partial charge is 0.334 e. The maximum Gasteiger partial charge on any atom is 0.334 e. The Balaban J connectivity index is 2.81. The van der Waals surface area contributed by atoms with Gasteiger partial charge in [-0.3, -0.25) is 0 Å². The molecule has 1 aliphatic rings. The summed E-state index contributed by atoms with van der Waals surface area (Å²) in [5.41, 5.74) is 0.479. The first kappa shape index (κ1) is 15.0. The van der Waals surface area contributed by atoms with Gasteiger partial charge in [0.2, 0.25) is 0 Å². The van der Waals surface area contributed by atoms with E-state index < -0.39 is 0 Å². The van der Waals surface area contributed by atoms with Crippen LogP contribution in [0, 0.1) is 5.92 Å². The molecular formula is C16H26O2. The van der Waals surface area contributed by atoms with Gasteiger partial charge in [-0.15, -0.1) is 0 Å². The Morgan fingerprint density at radius 1 is 1.33 bits per heavy atom. The molecule has 0 radical (unpaired) electrons. The molecule has 102 valence electrons. The van der Waals surface area contributed by atoms with Crippen molar-refractivity contribution in [2.45, 2.75) is 65.4 Å². The van der Waals surface area contributed by atoms with Crippen molar-refractivity contribution >= 4 is 5.97 Å². The standard InChI is InChI=1S/C16H26O2/c1-5-9-10-13(6-2)11-16(8-4)12-14(7-3)15(17)18-16/h9-10,12-13H,5-8,11H2,1-4H3/t13-,16+/m0/s1. The summed E-state index contributed by atoms with van der Waals surface area (Å²) < 4.78 is 5.65. The molecule has 0 aliphatic carbocycles. The van der Waals surface area contributed by atoms with Crippen LogP contribution in [0.25, 0.3) is 0 Å². The molecule has 1 heterocycles. The zero-order valence-electron chi connectivity index (χ0n) is 12.2. The molecule has 1 rings (SSSR count). The van der Waals surface area contributed by atoms with Crippen molar-refractivity contribution < 1.29 is 9.53 Å². The minimum Gasteiger partial charge on any atom is -0.451 e. The van der Waals surface area contributed by atoms with Crippen LogP contribution < -0.4 is 0 Å². The quantitative estimate of drug-likeness (QED) is 0.494. The molecule has 0 aromatic carbocycles. The van der Waals surface area contributed by atoms with Crippen LogP contribution in [0.4, 0.5) is 0 Å². The summed E-state index contributed by atoms with van der Waals surface area (Å²) in [4.78, 5) is 11.8. The number of rotatable bonds is 7. The fourth-order valence-electron chi connectivity index (χ4n) is 2.44. The highest BCUT2D eigenvalue weighted by molar-refractivity contribution is 5.91. The zero-order chi connectivity index (χ0) is 13.6. The van der Waals surface area contributed by atoms with E-state index in [1.54, 1.807) is 0 Å². The Bertz CT molecular complexity index is 341. The lowest BCUT2D eigenvalue weighted by Crippen LogP contribution is -2.29. The van der Waals surface area contributed by atoms with E-state index in [9.17, 15) is 4.79 Å². The van der Waals surface area contributed by atoms with Gasteiger partial charge in [0.15, 0.2) is 0 Å². The predicted octanol–water partition coefficient (Wildman–Crippen LogP) is 4.41. The van der Waals surface area contributed by atoms with Gasteiger partial charge in [0.1, 0.15) is 5.60 Å². The second kappa shape index (κ2) is 6.77. The summed E-state index contributed by atoms with van der Waals surface area (Å²) in [6.07, 6.45) is 11.2. The van der Waals surface area contributed by atoms with Gasteiger partial charge in [-0.05, 0) is 44.1 Å². The number of allylic oxidation sites excluding steroid dienone is 2. The molecule has 0 unspecified atom stereocenters. The Kier molecular flexibility index (Phi) is 5.64. The summed E-state index contributed by atoms with van der Waals surface area (Å²) in [5.74, 6) is 0.374. The topological polar surface area (TPSA) is 26.3 Å². The summed E-state index contributed by atoms with van der Waals surface area (Å²) in [6, 6.07) is 0. The van der Waals surface area contributed by atoms with Crippen LogP contribution in [0.5, 0.6) is 0 Å². The van der Waals surface area contributed by atoms with Gasteiger partial charge < -0.3 is 4.74 Å². The highest BCUT2D eigenvalue weighted by Crippen LogP contribution is 2.36. The van der Waals surface area contributed by atoms with Crippen LogP contribution in [-0.2, 0) is 9.53 Å². The van der Waals surface area contributed by atoms with Crippen molar-refractivity contribution in [1.82, 2.24) is 0 Å². The molecule has 0 aromatic rings. The van der Waals surface area contributed by atoms with E-state index in [1.165, 1.54) is 0 Å². The van der Waals surface area contributed by atoms with Gasteiger partial charge in [-0.25, -0.2) is 4.79 Å². The average Bonchev–Trinajstić information content (AvgIpc) is 2.71. The minimum absolute atomic E-state index is 0.117. The molecule has 2 heteroatoms. The molecule has 0 aromatic heterocycles. The Labute approximate surface area is 111 Å². The molecule has 0 bridgehead atoms. The van der Waals surface area contributed by atoms with Crippen molar-refractivity contribution in [3.8, 4) is 0 Å². The molecule has 1 aliphatic heterocycles. The fourth-order valence-corrected chi connectivity index (χ4v) is 2.44. The summed E-state index contributed by atoms with van der Waals surface area (Å²) in [6.45, 7) is 8.44. The molecule has 18 heavy (non-hydrogen) atoms.